The Balaban J connectivity index is 2.98. The van der Waals surface area contributed by atoms with Crippen LogP contribution in [0.3, 0.4) is 0 Å². The monoisotopic (exact) mass is 223 g/mol. The van der Waals surface area contributed by atoms with Gasteiger partial charge in [-0.3, -0.25) is 4.98 Å². The summed E-state index contributed by atoms with van der Waals surface area (Å²) in [6.45, 7) is 5.64. The fraction of sp³-hybridized carbons (Fsp3) is 0.250. The molecule has 0 saturated heterocycles. The normalized spacial score (nSPS) is 11.0. The summed E-state index contributed by atoms with van der Waals surface area (Å²) < 4.78 is 13.2. The maximum Gasteiger partial charge on any atom is 0.124 e. The van der Waals surface area contributed by atoms with Crippen LogP contribution in [0.1, 0.15) is 16.8 Å². The lowest BCUT2D eigenvalue weighted by molar-refractivity contribution is 0.628. The van der Waals surface area contributed by atoms with Gasteiger partial charge in [-0.1, -0.05) is 11.6 Å². The molecule has 0 aliphatic carbocycles. The zero-order chi connectivity index (χ0) is 11.2. The van der Waals surface area contributed by atoms with Crippen LogP contribution in [-0.2, 0) is 0 Å². The number of aryl methyl sites for hydroxylation is 2. The third kappa shape index (κ3) is 1.59. The van der Waals surface area contributed by atoms with E-state index in [1.54, 1.807) is 0 Å². The third-order valence-corrected chi connectivity index (χ3v) is 3.14. The molecule has 1 nitrogen and oxygen atoms in total. The molecule has 15 heavy (non-hydrogen) atoms. The van der Waals surface area contributed by atoms with Gasteiger partial charge in [-0.2, -0.15) is 0 Å². The van der Waals surface area contributed by atoms with Crippen molar-refractivity contribution in [3.8, 4) is 0 Å². The van der Waals surface area contributed by atoms with Crippen LogP contribution >= 0.6 is 11.6 Å². The molecule has 2 aromatic rings. The Hall–Kier alpha value is -1.15. The molecular weight excluding hydrogens is 213 g/mol. The molecule has 0 bridgehead atoms. The van der Waals surface area contributed by atoms with Gasteiger partial charge in [-0.15, -0.1) is 0 Å². The van der Waals surface area contributed by atoms with Gasteiger partial charge in [-0.25, -0.2) is 4.39 Å². The molecule has 0 saturated carbocycles. The van der Waals surface area contributed by atoms with E-state index in [4.69, 9.17) is 11.6 Å². The number of aromatic nitrogens is 1. The summed E-state index contributed by atoms with van der Waals surface area (Å²) in [5.74, 6) is -0.271. The summed E-state index contributed by atoms with van der Waals surface area (Å²) in [6.07, 6.45) is 0. The smallest absolute Gasteiger partial charge is 0.124 e. The van der Waals surface area contributed by atoms with Crippen molar-refractivity contribution >= 4 is 22.5 Å². The van der Waals surface area contributed by atoms with Crippen LogP contribution < -0.4 is 0 Å². The van der Waals surface area contributed by atoms with Gasteiger partial charge in [0.1, 0.15) is 5.82 Å². The van der Waals surface area contributed by atoms with Gasteiger partial charge in [-0.05, 0) is 44.0 Å². The lowest BCUT2D eigenvalue weighted by Gasteiger charge is -2.09. The molecular formula is C12H11ClFN. The quantitative estimate of drug-likeness (QED) is 0.659. The lowest BCUT2D eigenvalue weighted by Crippen LogP contribution is -1.93. The Kier molecular flexibility index (Phi) is 2.39. The topological polar surface area (TPSA) is 12.9 Å². The Morgan fingerprint density at radius 3 is 2.53 bits per heavy atom. The van der Waals surface area contributed by atoms with Crippen LogP contribution in [0.4, 0.5) is 4.39 Å². The molecule has 0 N–H and O–H groups in total. The van der Waals surface area contributed by atoms with Gasteiger partial charge >= 0.3 is 0 Å². The van der Waals surface area contributed by atoms with Crippen LogP contribution in [-0.4, -0.2) is 4.98 Å². The number of hydrogen-bond donors (Lipinski definition) is 0. The number of rotatable bonds is 0. The number of hydrogen-bond acceptors (Lipinski definition) is 1. The van der Waals surface area contributed by atoms with Gasteiger partial charge in [0, 0.05) is 11.1 Å². The highest BCUT2D eigenvalue weighted by Crippen LogP contribution is 2.29. The molecule has 0 amide bonds. The highest BCUT2D eigenvalue weighted by molar-refractivity contribution is 6.36. The Labute approximate surface area is 92.9 Å². The molecule has 0 unspecified atom stereocenters. The van der Waals surface area contributed by atoms with Crippen molar-refractivity contribution in [1.82, 2.24) is 4.98 Å². The number of nitrogens with zero attached hydrogens (tertiary/aromatic N) is 1. The van der Waals surface area contributed by atoms with E-state index < -0.39 is 0 Å². The van der Waals surface area contributed by atoms with Crippen LogP contribution in [0, 0.1) is 26.6 Å². The second-order valence-corrected chi connectivity index (χ2v) is 4.13. The third-order valence-electron chi connectivity index (χ3n) is 2.65. The van der Waals surface area contributed by atoms with Gasteiger partial charge in [0.2, 0.25) is 0 Å². The summed E-state index contributed by atoms with van der Waals surface area (Å²) >= 11 is 6.17. The first kappa shape index (κ1) is 10.4. The number of benzene rings is 1. The van der Waals surface area contributed by atoms with E-state index in [1.807, 2.05) is 20.8 Å². The van der Waals surface area contributed by atoms with Gasteiger partial charge in [0.15, 0.2) is 0 Å². The predicted octanol–water partition coefficient (Wildman–Crippen LogP) is 3.95. The first-order valence-corrected chi connectivity index (χ1v) is 5.11. The van der Waals surface area contributed by atoms with E-state index in [2.05, 4.69) is 4.98 Å². The number of pyridine rings is 1. The van der Waals surface area contributed by atoms with Crippen molar-refractivity contribution in [3.63, 3.8) is 0 Å². The molecule has 0 aliphatic heterocycles. The number of fused-ring (bicyclic) bond motifs is 1. The standard InChI is InChI=1S/C12H11ClFN/c1-6-4-9(14)5-10-11(13)7(2)8(3)15-12(6)10/h4-5H,1-3H3. The first-order chi connectivity index (χ1) is 7.00. The molecule has 0 atom stereocenters. The first-order valence-electron chi connectivity index (χ1n) is 4.73. The van der Waals surface area contributed by atoms with Crippen molar-refractivity contribution in [3.05, 3.63) is 39.8 Å². The number of halogens is 2. The molecule has 1 aromatic carbocycles. The van der Waals surface area contributed by atoms with Crippen molar-refractivity contribution in [1.29, 1.82) is 0 Å². The van der Waals surface area contributed by atoms with Crippen LogP contribution in [0.25, 0.3) is 10.9 Å². The van der Waals surface area contributed by atoms with Crippen molar-refractivity contribution in [2.45, 2.75) is 20.8 Å². The van der Waals surface area contributed by atoms with Crippen LogP contribution in [0.5, 0.6) is 0 Å². The minimum absolute atomic E-state index is 0.271. The van der Waals surface area contributed by atoms with Gasteiger partial charge in [0.25, 0.3) is 0 Å². The predicted molar refractivity (Wildman–Crippen MR) is 60.9 cm³/mol. The summed E-state index contributed by atoms with van der Waals surface area (Å²) in [5, 5.41) is 1.29. The van der Waals surface area contributed by atoms with Crippen molar-refractivity contribution < 1.29 is 4.39 Å². The summed E-state index contributed by atoms with van der Waals surface area (Å²) in [6, 6.07) is 2.91. The zero-order valence-electron chi connectivity index (χ0n) is 8.86. The fourth-order valence-electron chi connectivity index (χ4n) is 1.66. The van der Waals surface area contributed by atoms with E-state index in [9.17, 15) is 4.39 Å². The Morgan fingerprint density at radius 1 is 1.20 bits per heavy atom. The minimum atomic E-state index is -0.271. The fourth-order valence-corrected chi connectivity index (χ4v) is 1.94. The average molecular weight is 224 g/mol. The molecule has 1 heterocycles. The average Bonchev–Trinajstić information content (AvgIpc) is 2.17. The SMILES string of the molecule is Cc1nc2c(C)cc(F)cc2c(Cl)c1C. The minimum Gasteiger partial charge on any atom is -0.252 e. The molecule has 1 aromatic heterocycles. The second-order valence-electron chi connectivity index (χ2n) is 3.76. The van der Waals surface area contributed by atoms with Crippen molar-refractivity contribution in [2.24, 2.45) is 0 Å². The molecule has 2 rings (SSSR count). The maximum absolute atomic E-state index is 13.2. The van der Waals surface area contributed by atoms with E-state index in [0.29, 0.717) is 10.4 Å². The van der Waals surface area contributed by atoms with Crippen LogP contribution in [0.2, 0.25) is 5.02 Å². The highest BCUT2D eigenvalue weighted by atomic mass is 35.5. The van der Waals surface area contributed by atoms with Gasteiger partial charge < -0.3 is 0 Å². The molecule has 0 fully saturated rings. The lowest BCUT2D eigenvalue weighted by atomic mass is 10.1. The second kappa shape index (κ2) is 3.46. The van der Waals surface area contributed by atoms with Gasteiger partial charge in [0.05, 0.1) is 10.5 Å². The Bertz CT molecular complexity index is 549. The molecule has 3 heteroatoms. The molecule has 78 valence electrons. The molecule has 0 aliphatic rings. The van der Waals surface area contributed by atoms with E-state index in [0.717, 1.165) is 22.3 Å². The Morgan fingerprint density at radius 2 is 1.87 bits per heavy atom. The molecule has 0 radical (unpaired) electrons. The largest absolute Gasteiger partial charge is 0.252 e. The highest BCUT2D eigenvalue weighted by Gasteiger charge is 2.10. The maximum atomic E-state index is 13.2. The van der Waals surface area contributed by atoms with E-state index in [1.165, 1.54) is 12.1 Å². The van der Waals surface area contributed by atoms with Crippen molar-refractivity contribution in [2.75, 3.05) is 0 Å². The summed E-state index contributed by atoms with van der Waals surface area (Å²) in [4.78, 5) is 4.43. The molecule has 0 spiro atoms. The summed E-state index contributed by atoms with van der Waals surface area (Å²) in [7, 11) is 0. The van der Waals surface area contributed by atoms with E-state index in [-0.39, 0.29) is 5.82 Å². The summed E-state index contributed by atoms with van der Waals surface area (Å²) in [5.41, 5.74) is 3.40. The van der Waals surface area contributed by atoms with E-state index >= 15 is 0 Å². The zero-order valence-corrected chi connectivity index (χ0v) is 9.61. The van der Waals surface area contributed by atoms with Crippen LogP contribution in [0.15, 0.2) is 12.1 Å².